The molecule has 1 fully saturated rings. The van der Waals surface area contributed by atoms with Crippen LogP contribution in [-0.4, -0.2) is 22.7 Å². The van der Waals surface area contributed by atoms with Crippen molar-refractivity contribution in [1.82, 2.24) is 4.98 Å². The highest BCUT2D eigenvalue weighted by atomic mass is 16.5. The molecule has 1 aliphatic carbocycles. The molecule has 106 valence electrons. The van der Waals surface area contributed by atoms with Crippen LogP contribution in [0.2, 0.25) is 0 Å². The van der Waals surface area contributed by atoms with Crippen molar-refractivity contribution < 1.29 is 14.6 Å². The molecule has 20 heavy (non-hydrogen) atoms. The second kappa shape index (κ2) is 5.57. The second-order valence-corrected chi connectivity index (χ2v) is 5.55. The van der Waals surface area contributed by atoms with E-state index >= 15 is 0 Å². The number of carboxylic acids is 1. The third-order valence-corrected chi connectivity index (χ3v) is 4.03. The van der Waals surface area contributed by atoms with Gasteiger partial charge >= 0.3 is 5.97 Å². The molecule has 1 saturated carbocycles. The molecule has 1 aromatic carbocycles. The molecule has 4 heteroatoms. The van der Waals surface area contributed by atoms with Crippen LogP contribution in [0.15, 0.2) is 24.3 Å². The standard InChI is InChI=1S/C16H19NO3/c18-16(19)15-9-12-8-13(6-7-14(12)17-15)20-10-11-4-2-1-3-5-11/h6-9,11,17H,1-5,10H2,(H,18,19). The molecule has 0 spiro atoms. The van der Waals surface area contributed by atoms with Crippen molar-refractivity contribution in [3.8, 4) is 5.75 Å². The maximum atomic E-state index is 10.9. The Bertz CT molecular complexity index is 611. The molecule has 1 aromatic heterocycles. The van der Waals surface area contributed by atoms with Gasteiger partial charge in [-0.05, 0) is 43.0 Å². The maximum Gasteiger partial charge on any atom is 0.352 e. The summed E-state index contributed by atoms with van der Waals surface area (Å²) in [4.78, 5) is 13.8. The topological polar surface area (TPSA) is 62.3 Å². The van der Waals surface area contributed by atoms with Crippen LogP contribution >= 0.6 is 0 Å². The number of fused-ring (bicyclic) bond motifs is 1. The van der Waals surface area contributed by atoms with Crippen LogP contribution in [0.4, 0.5) is 0 Å². The van der Waals surface area contributed by atoms with Gasteiger partial charge in [-0.15, -0.1) is 0 Å². The number of hydrogen-bond donors (Lipinski definition) is 2. The summed E-state index contributed by atoms with van der Waals surface area (Å²) in [6, 6.07) is 7.32. The zero-order valence-corrected chi connectivity index (χ0v) is 11.4. The highest BCUT2D eigenvalue weighted by Crippen LogP contribution is 2.26. The first kappa shape index (κ1) is 13.0. The van der Waals surface area contributed by atoms with Crippen LogP contribution in [0.5, 0.6) is 5.75 Å². The number of aromatic nitrogens is 1. The normalized spacial score (nSPS) is 16.4. The fourth-order valence-corrected chi connectivity index (χ4v) is 2.88. The Hall–Kier alpha value is -1.97. The maximum absolute atomic E-state index is 10.9. The Balaban J connectivity index is 1.70. The number of aromatic carboxylic acids is 1. The van der Waals surface area contributed by atoms with Crippen molar-refractivity contribution in [2.24, 2.45) is 5.92 Å². The molecule has 0 atom stereocenters. The summed E-state index contributed by atoms with van der Waals surface area (Å²) in [5.41, 5.74) is 1.04. The van der Waals surface area contributed by atoms with E-state index in [9.17, 15) is 4.79 Å². The number of carbonyl (C=O) groups is 1. The summed E-state index contributed by atoms with van der Waals surface area (Å²) < 4.78 is 5.86. The van der Waals surface area contributed by atoms with Crippen LogP contribution in [0.1, 0.15) is 42.6 Å². The highest BCUT2D eigenvalue weighted by Gasteiger charge is 2.14. The van der Waals surface area contributed by atoms with E-state index in [1.807, 2.05) is 18.2 Å². The van der Waals surface area contributed by atoms with E-state index in [0.29, 0.717) is 5.92 Å². The summed E-state index contributed by atoms with van der Waals surface area (Å²) in [5, 5.41) is 9.84. The first-order valence-electron chi connectivity index (χ1n) is 7.21. The summed E-state index contributed by atoms with van der Waals surface area (Å²) in [7, 11) is 0. The Morgan fingerprint density at radius 2 is 2.05 bits per heavy atom. The van der Waals surface area contributed by atoms with E-state index in [-0.39, 0.29) is 5.69 Å². The molecule has 1 heterocycles. The molecule has 4 nitrogen and oxygen atoms in total. The lowest BCUT2D eigenvalue weighted by atomic mass is 9.90. The molecular weight excluding hydrogens is 254 g/mol. The summed E-state index contributed by atoms with van der Waals surface area (Å²) in [5.74, 6) is 0.546. The van der Waals surface area contributed by atoms with Gasteiger partial charge in [0.1, 0.15) is 11.4 Å². The zero-order valence-electron chi connectivity index (χ0n) is 11.4. The first-order valence-corrected chi connectivity index (χ1v) is 7.21. The van der Waals surface area contributed by atoms with Crippen LogP contribution in [0.3, 0.4) is 0 Å². The minimum atomic E-state index is -0.939. The summed E-state index contributed by atoms with van der Waals surface area (Å²) in [6.07, 6.45) is 6.49. The van der Waals surface area contributed by atoms with E-state index in [0.717, 1.165) is 23.3 Å². The molecule has 0 bridgehead atoms. The van der Waals surface area contributed by atoms with Gasteiger partial charge in [-0.3, -0.25) is 0 Å². The van der Waals surface area contributed by atoms with Gasteiger partial charge < -0.3 is 14.8 Å². The molecule has 0 amide bonds. The highest BCUT2D eigenvalue weighted by molar-refractivity contribution is 5.94. The van der Waals surface area contributed by atoms with Crippen molar-refractivity contribution in [3.63, 3.8) is 0 Å². The first-order chi connectivity index (χ1) is 9.72. The van der Waals surface area contributed by atoms with Crippen molar-refractivity contribution >= 4 is 16.9 Å². The molecule has 0 aliphatic heterocycles. The van der Waals surface area contributed by atoms with Crippen LogP contribution in [0.25, 0.3) is 10.9 Å². The SMILES string of the molecule is O=C(O)c1cc2cc(OCC3CCCCC3)ccc2[nH]1. The number of carboxylic acid groups (broad SMARTS) is 1. The Kier molecular flexibility index (Phi) is 3.63. The Morgan fingerprint density at radius 3 is 2.80 bits per heavy atom. The predicted molar refractivity (Wildman–Crippen MR) is 77.3 cm³/mol. The van der Waals surface area contributed by atoms with E-state index in [4.69, 9.17) is 9.84 Å². The zero-order chi connectivity index (χ0) is 13.9. The van der Waals surface area contributed by atoms with Gasteiger partial charge in [0.15, 0.2) is 0 Å². The number of rotatable bonds is 4. The van der Waals surface area contributed by atoms with E-state index < -0.39 is 5.97 Å². The molecule has 3 rings (SSSR count). The van der Waals surface area contributed by atoms with Gasteiger partial charge in [-0.25, -0.2) is 4.79 Å². The second-order valence-electron chi connectivity index (χ2n) is 5.55. The number of ether oxygens (including phenoxy) is 1. The van der Waals surface area contributed by atoms with Crippen molar-refractivity contribution in [2.45, 2.75) is 32.1 Å². The molecular formula is C16H19NO3. The van der Waals surface area contributed by atoms with Gasteiger partial charge in [-0.2, -0.15) is 0 Å². The third kappa shape index (κ3) is 2.79. The summed E-state index contributed by atoms with van der Waals surface area (Å²) in [6.45, 7) is 0.766. The lowest BCUT2D eigenvalue weighted by molar-refractivity contribution is 0.0691. The lowest BCUT2D eigenvalue weighted by Crippen LogP contribution is -2.15. The van der Waals surface area contributed by atoms with Crippen molar-refractivity contribution in [3.05, 3.63) is 30.0 Å². The lowest BCUT2D eigenvalue weighted by Gasteiger charge is -2.21. The fraction of sp³-hybridized carbons (Fsp3) is 0.438. The smallest absolute Gasteiger partial charge is 0.352 e. The molecule has 1 aliphatic rings. The predicted octanol–water partition coefficient (Wildman–Crippen LogP) is 3.83. The van der Waals surface area contributed by atoms with Gasteiger partial charge in [0.25, 0.3) is 0 Å². The monoisotopic (exact) mass is 273 g/mol. The van der Waals surface area contributed by atoms with Crippen LogP contribution in [0, 0.1) is 5.92 Å². The summed E-state index contributed by atoms with van der Waals surface area (Å²) >= 11 is 0. The number of aromatic amines is 1. The average Bonchev–Trinajstić information content (AvgIpc) is 2.89. The number of nitrogens with one attached hydrogen (secondary N) is 1. The van der Waals surface area contributed by atoms with Crippen molar-refractivity contribution in [2.75, 3.05) is 6.61 Å². The largest absolute Gasteiger partial charge is 0.493 e. The Labute approximate surface area is 117 Å². The number of H-pyrrole nitrogens is 1. The van der Waals surface area contributed by atoms with Gasteiger partial charge in [0, 0.05) is 10.9 Å². The molecule has 0 saturated heterocycles. The van der Waals surface area contributed by atoms with Crippen LogP contribution < -0.4 is 4.74 Å². The average molecular weight is 273 g/mol. The minimum absolute atomic E-state index is 0.212. The van der Waals surface area contributed by atoms with Crippen molar-refractivity contribution in [1.29, 1.82) is 0 Å². The third-order valence-electron chi connectivity index (χ3n) is 4.03. The number of benzene rings is 1. The van der Waals surface area contributed by atoms with Crippen LogP contribution in [-0.2, 0) is 0 Å². The molecule has 2 aromatic rings. The molecule has 2 N–H and O–H groups in total. The van der Waals surface area contributed by atoms with E-state index in [1.165, 1.54) is 32.1 Å². The van der Waals surface area contributed by atoms with Gasteiger partial charge in [-0.1, -0.05) is 19.3 Å². The fourth-order valence-electron chi connectivity index (χ4n) is 2.88. The molecule has 0 radical (unpaired) electrons. The number of hydrogen-bond acceptors (Lipinski definition) is 2. The van der Waals surface area contributed by atoms with E-state index in [1.54, 1.807) is 6.07 Å². The van der Waals surface area contributed by atoms with Gasteiger partial charge in [0.05, 0.1) is 6.61 Å². The van der Waals surface area contributed by atoms with Gasteiger partial charge in [0.2, 0.25) is 0 Å². The minimum Gasteiger partial charge on any atom is -0.493 e. The molecule has 0 unspecified atom stereocenters. The Morgan fingerprint density at radius 1 is 1.25 bits per heavy atom. The quantitative estimate of drug-likeness (QED) is 0.890. The van der Waals surface area contributed by atoms with E-state index in [2.05, 4.69) is 4.98 Å².